The first-order valence-corrected chi connectivity index (χ1v) is 7.33. The van der Waals surface area contributed by atoms with Gasteiger partial charge in [-0.05, 0) is 37.5 Å². The van der Waals surface area contributed by atoms with E-state index >= 15 is 0 Å². The van der Waals surface area contributed by atoms with Gasteiger partial charge in [0, 0.05) is 18.9 Å². The van der Waals surface area contributed by atoms with E-state index in [1.54, 1.807) is 12.3 Å². The number of aromatic nitrogens is 1. The lowest BCUT2D eigenvalue weighted by atomic mass is 9.74. The second-order valence-corrected chi connectivity index (χ2v) is 5.71. The van der Waals surface area contributed by atoms with E-state index in [9.17, 15) is 4.79 Å². The van der Waals surface area contributed by atoms with Crippen molar-refractivity contribution in [2.45, 2.75) is 43.8 Å². The number of rotatable bonds is 4. The average Bonchev–Trinajstić information content (AvgIpc) is 2.45. The average molecular weight is 289 g/mol. The zero-order valence-electron chi connectivity index (χ0n) is 11.8. The van der Waals surface area contributed by atoms with Gasteiger partial charge in [0.1, 0.15) is 11.9 Å². The van der Waals surface area contributed by atoms with E-state index in [4.69, 9.17) is 14.6 Å². The number of aliphatic carboxylic acids is 1. The minimum atomic E-state index is -0.981. The Kier molecular flexibility index (Phi) is 3.92. The number of carbonyl (C=O) groups is 1. The molecule has 2 heterocycles. The zero-order valence-corrected chi connectivity index (χ0v) is 11.8. The van der Waals surface area contributed by atoms with Gasteiger partial charge in [-0.25, -0.2) is 4.79 Å². The smallest absolute Gasteiger partial charge is 0.328 e. The van der Waals surface area contributed by atoms with Gasteiger partial charge in [-0.1, -0.05) is 0 Å². The van der Waals surface area contributed by atoms with Gasteiger partial charge in [0.2, 0.25) is 0 Å². The number of nitrogens with zero attached hydrogens (tertiary/aromatic N) is 1. The van der Waals surface area contributed by atoms with Crippen molar-refractivity contribution < 1.29 is 19.4 Å². The van der Waals surface area contributed by atoms with Crippen LogP contribution in [0.1, 0.15) is 37.8 Å². The first kappa shape index (κ1) is 14.1. The highest BCUT2D eigenvalue weighted by molar-refractivity contribution is 5.84. The van der Waals surface area contributed by atoms with E-state index in [0.717, 1.165) is 44.1 Å². The molecule has 2 fully saturated rings. The van der Waals surface area contributed by atoms with Crippen LogP contribution in [0.15, 0.2) is 24.4 Å². The fourth-order valence-corrected chi connectivity index (χ4v) is 2.91. The second-order valence-electron chi connectivity index (χ2n) is 5.71. The topological polar surface area (TPSA) is 68.7 Å². The van der Waals surface area contributed by atoms with Crippen LogP contribution in [-0.4, -0.2) is 34.4 Å². The summed E-state index contributed by atoms with van der Waals surface area (Å²) in [4.78, 5) is 14.6. The molecule has 0 aromatic carbocycles. The molecule has 0 bridgehead atoms. The quantitative estimate of drug-likeness (QED) is 0.863. The monoisotopic (exact) mass is 289 g/mol. The summed E-state index contributed by atoms with van der Waals surface area (Å²) >= 11 is 0. The highest BCUT2D eigenvalue weighted by Crippen LogP contribution is 2.43. The van der Waals surface area contributed by atoms with Gasteiger partial charge in [-0.3, -0.25) is 4.98 Å². The maximum Gasteiger partial charge on any atom is 0.328 e. The minimum absolute atomic E-state index is 0.0700. The molecule has 5 nitrogen and oxygen atoms in total. The lowest BCUT2D eigenvalue weighted by Crippen LogP contribution is -2.48. The summed E-state index contributed by atoms with van der Waals surface area (Å²) in [6, 6.07) is 3.59. The Bertz CT molecular complexity index is 534. The number of carboxylic acid groups (broad SMARTS) is 1. The summed E-state index contributed by atoms with van der Waals surface area (Å²) in [6.45, 7) is 0.761. The Morgan fingerprint density at radius 1 is 1.48 bits per heavy atom. The number of pyridine rings is 1. The highest BCUT2D eigenvalue weighted by Gasteiger charge is 2.43. The lowest BCUT2D eigenvalue weighted by molar-refractivity contribution is -0.153. The van der Waals surface area contributed by atoms with Crippen LogP contribution < -0.4 is 4.74 Å². The van der Waals surface area contributed by atoms with Crippen molar-refractivity contribution in [1.82, 2.24) is 4.98 Å². The molecule has 2 aliphatic rings. The largest absolute Gasteiger partial charge is 0.489 e. The van der Waals surface area contributed by atoms with Gasteiger partial charge in [0.05, 0.1) is 24.1 Å². The van der Waals surface area contributed by atoms with Crippen LogP contribution in [0.25, 0.3) is 6.08 Å². The van der Waals surface area contributed by atoms with Crippen molar-refractivity contribution in [3.8, 4) is 5.75 Å². The molecule has 1 atom stereocenters. The van der Waals surface area contributed by atoms with Crippen molar-refractivity contribution in [3.63, 3.8) is 0 Å². The third-order valence-corrected chi connectivity index (χ3v) is 4.17. The van der Waals surface area contributed by atoms with Crippen molar-refractivity contribution in [3.05, 3.63) is 30.1 Å². The predicted octanol–water partition coefficient (Wildman–Crippen LogP) is 2.66. The second kappa shape index (κ2) is 5.85. The molecular weight excluding hydrogens is 270 g/mol. The molecule has 112 valence electrons. The van der Waals surface area contributed by atoms with Gasteiger partial charge in [0.15, 0.2) is 0 Å². The molecule has 5 heteroatoms. The molecule has 1 saturated heterocycles. The Balaban J connectivity index is 1.58. The summed E-state index contributed by atoms with van der Waals surface area (Å²) in [6.07, 6.45) is 9.75. The molecule has 1 unspecified atom stereocenters. The van der Waals surface area contributed by atoms with Gasteiger partial charge in [-0.15, -0.1) is 0 Å². The molecule has 0 amide bonds. The summed E-state index contributed by atoms with van der Waals surface area (Å²) in [5.41, 5.74) is 0.674. The zero-order chi connectivity index (χ0) is 14.7. The normalized spacial score (nSPS) is 23.9. The fourth-order valence-electron chi connectivity index (χ4n) is 2.91. The van der Waals surface area contributed by atoms with Crippen LogP contribution in [-0.2, 0) is 9.53 Å². The van der Waals surface area contributed by atoms with E-state index in [-0.39, 0.29) is 11.7 Å². The third-order valence-electron chi connectivity index (χ3n) is 4.17. The van der Waals surface area contributed by atoms with Gasteiger partial charge < -0.3 is 14.6 Å². The Morgan fingerprint density at radius 3 is 2.95 bits per heavy atom. The van der Waals surface area contributed by atoms with Gasteiger partial charge in [0.25, 0.3) is 0 Å². The fraction of sp³-hybridized carbons (Fsp3) is 0.500. The van der Waals surface area contributed by atoms with Crippen molar-refractivity contribution in [2.75, 3.05) is 6.61 Å². The van der Waals surface area contributed by atoms with Crippen LogP contribution >= 0.6 is 0 Å². The Hall–Kier alpha value is -1.88. The lowest BCUT2D eigenvalue weighted by Gasteiger charge is -2.46. The molecule has 0 radical (unpaired) electrons. The summed E-state index contributed by atoms with van der Waals surface area (Å²) in [5, 5.41) is 8.57. The number of hydrogen-bond acceptors (Lipinski definition) is 4. The first-order chi connectivity index (χ1) is 10.2. The van der Waals surface area contributed by atoms with E-state index < -0.39 is 5.97 Å². The molecule has 1 aliphatic heterocycles. The minimum Gasteiger partial charge on any atom is -0.489 e. The maximum atomic E-state index is 10.4. The highest BCUT2D eigenvalue weighted by atomic mass is 16.5. The van der Waals surface area contributed by atoms with E-state index in [1.165, 1.54) is 12.5 Å². The SMILES string of the molecule is O=C(O)/C=C/c1ccc(OC2CCOC3(CCC3)C2)cn1. The van der Waals surface area contributed by atoms with Crippen molar-refractivity contribution in [1.29, 1.82) is 0 Å². The Morgan fingerprint density at radius 2 is 2.33 bits per heavy atom. The van der Waals surface area contributed by atoms with Crippen LogP contribution in [0.5, 0.6) is 5.75 Å². The molecule has 1 N–H and O–H groups in total. The number of hydrogen-bond donors (Lipinski definition) is 1. The van der Waals surface area contributed by atoms with Crippen molar-refractivity contribution in [2.24, 2.45) is 0 Å². The summed E-state index contributed by atoms with van der Waals surface area (Å²) in [7, 11) is 0. The number of carboxylic acids is 1. The molecule has 1 aromatic heterocycles. The van der Waals surface area contributed by atoms with Gasteiger partial charge >= 0.3 is 5.97 Å². The molecule has 1 aliphatic carbocycles. The van der Waals surface area contributed by atoms with Crippen molar-refractivity contribution >= 4 is 12.0 Å². The standard InChI is InChI=1S/C16H19NO4/c18-15(19)5-3-12-2-4-14(11-17-12)21-13-6-9-20-16(10-13)7-1-8-16/h2-5,11,13H,1,6-10H2,(H,18,19)/b5-3+. The maximum absolute atomic E-state index is 10.4. The molecular formula is C16H19NO4. The van der Waals surface area contributed by atoms with E-state index in [2.05, 4.69) is 4.98 Å². The van der Waals surface area contributed by atoms with E-state index in [1.807, 2.05) is 6.07 Å². The molecule has 1 spiro atoms. The molecule has 3 rings (SSSR count). The van der Waals surface area contributed by atoms with Crippen LogP contribution in [0.3, 0.4) is 0 Å². The third kappa shape index (κ3) is 3.42. The van der Waals surface area contributed by atoms with E-state index in [0.29, 0.717) is 5.69 Å². The van der Waals surface area contributed by atoms with Crippen LogP contribution in [0.4, 0.5) is 0 Å². The number of ether oxygens (including phenoxy) is 2. The molecule has 1 aromatic rings. The van der Waals surface area contributed by atoms with Crippen LogP contribution in [0.2, 0.25) is 0 Å². The summed E-state index contributed by atoms with van der Waals surface area (Å²) < 4.78 is 11.9. The summed E-state index contributed by atoms with van der Waals surface area (Å²) in [5.74, 6) is -0.256. The molecule has 21 heavy (non-hydrogen) atoms. The Labute approximate surface area is 123 Å². The van der Waals surface area contributed by atoms with Crippen LogP contribution in [0, 0.1) is 0 Å². The first-order valence-electron chi connectivity index (χ1n) is 7.33. The predicted molar refractivity (Wildman–Crippen MR) is 77.1 cm³/mol. The van der Waals surface area contributed by atoms with Gasteiger partial charge in [-0.2, -0.15) is 0 Å². The molecule has 1 saturated carbocycles.